The van der Waals surface area contributed by atoms with Gasteiger partial charge in [0.2, 0.25) is 10.0 Å². The van der Waals surface area contributed by atoms with E-state index < -0.39 is 10.0 Å². The topological polar surface area (TPSA) is 94.9 Å². The third-order valence-electron chi connectivity index (χ3n) is 0.977. The Morgan fingerprint density at radius 2 is 2.27 bits per heavy atom. The van der Waals surface area contributed by atoms with Crippen LogP contribution in [0.25, 0.3) is 10.4 Å². The van der Waals surface area contributed by atoms with Gasteiger partial charge < -0.3 is 0 Å². The minimum Gasteiger partial charge on any atom is -0.215 e. The van der Waals surface area contributed by atoms with Gasteiger partial charge in [0.15, 0.2) is 0 Å². The highest BCUT2D eigenvalue weighted by Crippen LogP contribution is 1.80. The van der Waals surface area contributed by atoms with Crippen LogP contribution in [0.5, 0.6) is 0 Å². The molecule has 0 atom stereocenters. The second kappa shape index (κ2) is 4.95. The lowest BCUT2D eigenvalue weighted by atomic mass is 10.7. The Balaban J connectivity index is 3.63. The summed E-state index contributed by atoms with van der Waals surface area (Å²) in [4.78, 5) is 2.47. The molecule has 64 valence electrons. The first kappa shape index (κ1) is 10.2. The molecule has 6 nitrogen and oxygen atoms in total. The molecule has 1 N–H and O–H groups in total. The van der Waals surface area contributed by atoms with E-state index in [1.54, 1.807) is 0 Å². The van der Waals surface area contributed by atoms with E-state index in [9.17, 15) is 8.42 Å². The van der Waals surface area contributed by atoms with Crippen molar-refractivity contribution in [1.29, 1.82) is 0 Å². The van der Waals surface area contributed by atoms with Gasteiger partial charge in [0.05, 0.1) is 5.75 Å². The van der Waals surface area contributed by atoms with Crippen molar-refractivity contribution in [2.75, 3.05) is 18.8 Å². The molecule has 0 spiro atoms. The third-order valence-corrected chi connectivity index (χ3v) is 2.38. The van der Waals surface area contributed by atoms with Crippen LogP contribution in [-0.4, -0.2) is 27.3 Å². The molecular formula is C4H10N4O2S. The predicted molar refractivity (Wildman–Crippen MR) is 41.5 cm³/mol. The Labute approximate surface area is 65.3 Å². The number of hydrogen-bond donors (Lipinski definition) is 1. The van der Waals surface area contributed by atoms with Crippen LogP contribution >= 0.6 is 0 Å². The van der Waals surface area contributed by atoms with Crippen molar-refractivity contribution in [3.8, 4) is 0 Å². The zero-order chi connectivity index (χ0) is 8.74. The minimum atomic E-state index is -3.13. The average Bonchev–Trinajstić information content (AvgIpc) is 1.99. The summed E-state index contributed by atoms with van der Waals surface area (Å²) in [5.41, 5.74) is 7.83. The average molecular weight is 178 g/mol. The summed E-state index contributed by atoms with van der Waals surface area (Å²) < 4.78 is 23.7. The maximum absolute atomic E-state index is 10.7. The quantitative estimate of drug-likeness (QED) is 0.282. The maximum Gasteiger partial charge on any atom is 0.211 e. The number of sulfonamides is 1. The molecule has 0 aliphatic rings. The van der Waals surface area contributed by atoms with Crippen LogP contribution in [0.2, 0.25) is 0 Å². The molecule has 0 fully saturated rings. The zero-order valence-corrected chi connectivity index (χ0v) is 7.00. The molecule has 0 aromatic rings. The molecular weight excluding hydrogens is 168 g/mol. The lowest BCUT2D eigenvalue weighted by molar-refractivity contribution is 0.583. The summed E-state index contributed by atoms with van der Waals surface area (Å²) in [5.74, 6) is 0.0449. The maximum atomic E-state index is 10.7. The largest absolute Gasteiger partial charge is 0.215 e. The van der Waals surface area contributed by atoms with Gasteiger partial charge in [0.1, 0.15) is 0 Å². The van der Waals surface area contributed by atoms with E-state index in [1.165, 1.54) is 6.92 Å². The van der Waals surface area contributed by atoms with E-state index >= 15 is 0 Å². The summed E-state index contributed by atoms with van der Waals surface area (Å²) in [6.07, 6.45) is 0. The molecule has 0 amide bonds. The van der Waals surface area contributed by atoms with Crippen molar-refractivity contribution in [3.05, 3.63) is 10.4 Å². The highest BCUT2D eigenvalue weighted by atomic mass is 32.2. The van der Waals surface area contributed by atoms with Crippen LogP contribution in [0.3, 0.4) is 0 Å². The Morgan fingerprint density at radius 3 is 2.73 bits per heavy atom. The SMILES string of the molecule is CCS(=O)(=O)NCCN=[N+]=[N-]. The van der Waals surface area contributed by atoms with E-state index in [1.807, 2.05) is 0 Å². The van der Waals surface area contributed by atoms with Gasteiger partial charge in [-0.2, -0.15) is 0 Å². The van der Waals surface area contributed by atoms with Crippen LogP contribution in [0.4, 0.5) is 0 Å². The third kappa shape index (κ3) is 5.65. The Hall–Kier alpha value is -0.780. The van der Waals surface area contributed by atoms with Crippen LogP contribution in [0.1, 0.15) is 6.92 Å². The summed E-state index contributed by atoms with van der Waals surface area (Å²) in [7, 11) is -3.13. The highest BCUT2D eigenvalue weighted by molar-refractivity contribution is 7.89. The molecule has 0 aromatic carbocycles. The summed E-state index contributed by atoms with van der Waals surface area (Å²) >= 11 is 0. The summed E-state index contributed by atoms with van der Waals surface area (Å²) in [5, 5.41) is 3.16. The van der Waals surface area contributed by atoms with Crippen LogP contribution in [-0.2, 0) is 10.0 Å². The highest BCUT2D eigenvalue weighted by Gasteiger charge is 2.02. The fourth-order valence-electron chi connectivity index (χ4n) is 0.398. The molecule has 7 heteroatoms. The lowest BCUT2D eigenvalue weighted by Crippen LogP contribution is -2.27. The van der Waals surface area contributed by atoms with Gasteiger partial charge in [0.25, 0.3) is 0 Å². The molecule has 0 radical (unpaired) electrons. The van der Waals surface area contributed by atoms with Crippen LogP contribution in [0, 0.1) is 0 Å². The molecule has 0 aromatic heterocycles. The zero-order valence-electron chi connectivity index (χ0n) is 6.19. The van der Waals surface area contributed by atoms with Crippen LogP contribution in [0.15, 0.2) is 5.11 Å². The fourth-order valence-corrected chi connectivity index (χ4v) is 1.00. The van der Waals surface area contributed by atoms with Crippen LogP contribution < -0.4 is 4.72 Å². The van der Waals surface area contributed by atoms with Crippen molar-refractivity contribution in [3.63, 3.8) is 0 Å². The van der Waals surface area contributed by atoms with Crippen molar-refractivity contribution in [2.45, 2.75) is 6.92 Å². The van der Waals surface area contributed by atoms with E-state index in [0.29, 0.717) is 0 Å². The first-order valence-electron chi connectivity index (χ1n) is 3.10. The van der Waals surface area contributed by atoms with E-state index in [0.717, 1.165) is 0 Å². The molecule has 0 aliphatic heterocycles. The smallest absolute Gasteiger partial charge is 0.211 e. The van der Waals surface area contributed by atoms with E-state index in [-0.39, 0.29) is 18.8 Å². The lowest BCUT2D eigenvalue weighted by Gasteiger charge is -1.99. The van der Waals surface area contributed by atoms with E-state index in [4.69, 9.17) is 5.53 Å². The molecule has 11 heavy (non-hydrogen) atoms. The van der Waals surface area contributed by atoms with Gasteiger partial charge in [-0.15, -0.1) is 0 Å². The molecule has 0 rings (SSSR count). The Bertz CT molecular complexity index is 241. The van der Waals surface area contributed by atoms with Gasteiger partial charge in [-0.1, -0.05) is 5.11 Å². The van der Waals surface area contributed by atoms with Crippen molar-refractivity contribution >= 4 is 10.0 Å². The summed E-state index contributed by atoms with van der Waals surface area (Å²) in [6, 6.07) is 0. The Morgan fingerprint density at radius 1 is 1.64 bits per heavy atom. The monoisotopic (exact) mass is 178 g/mol. The minimum absolute atomic E-state index is 0.0449. The first-order chi connectivity index (χ1) is 5.12. The van der Waals surface area contributed by atoms with Crippen molar-refractivity contribution in [2.24, 2.45) is 5.11 Å². The molecule has 0 saturated heterocycles. The van der Waals surface area contributed by atoms with Gasteiger partial charge in [0, 0.05) is 18.0 Å². The fraction of sp³-hybridized carbons (Fsp3) is 1.00. The van der Waals surface area contributed by atoms with Crippen molar-refractivity contribution < 1.29 is 8.42 Å². The standard InChI is InChI=1S/C4H10N4O2S/c1-2-11(9,10)7-4-3-6-8-5/h7H,2-4H2,1H3. The summed E-state index contributed by atoms with van der Waals surface area (Å²) in [6.45, 7) is 1.85. The molecule has 0 aliphatic carbocycles. The first-order valence-corrected chi connectivity index (χ1v) is 4.76. The van der Waals surface area contributed by atoms with Crippen molar-refractivity contribution in [1.82, 2.24) is 4.72 Å². The van der Waals surface area contributed by atoms with E-state index in [2.05, 4.69) is 14.7 Å². The molecule has 0 bridgehead atoms. The molecule has 0 unspecified atom stereocenters. The van der Waals surface area contributed by atoms with Gasteiger partial charge in [-0.05, 0) is 12.5 Å². The molecule has 0 saturated carbocycles. The number of nitrogens with zero attached hydrogens (tertiary/aromatic N) is 3. The number of azide groups is 1. The number of rotatable bonds is 5. The number of hydrogen-bond acceptors (Lipinski definition) is 3. The predicted octanol–water partition coefficient (Wildman–Crippen LogP) is 0.236. The second-order valence-electron chi connectivity index (χ2n) is 1.75. The van der Waals surface area contributed by atoms with Gasteiger partial charge in [-0.3, -0.25) is 0 Å². The second-order valence-corrected chi connectivity index (χ2v) is 3.85. The number of nitrogens with one attached hydrogen (secondary N) is 1. The van der Waals surface area contributed by atoms with Gasteiger partial charge in [-0.25, -0.2) is 13.1 Å². The Kier molecular flexibility index (Phi) is 4.60. The van der Waals surface area contributed by atoms with Gasteiger partial charge >= 0.3 is 0 Å². The normalized spacial score (nSPS) is 10.6. The molecule has 0 heterocycles.